The first-order chi connectivity index (χ1) is 14.9. The Labute approximate surface area is 181 Å². The summed E-state index contributed by atoms with van der Waals surface area (Å²) in [6.45, 7) is 4.10. The molecule has 1 unspecified atom stereocenters. The van der Waals surface area contributed by atoms with E-state index in [2.05, 4.69) is 38.2 Å². The van der Waals surface area contributed by atoms with Gasteiger partial charge >= 0.3 is 0 Å². The lowest BCUT2D eigenvalue weighted by Gasteiger charge is -2.18. The molecule has 1 aliphatic heterocycles. The second kappa shape index (κ2) is 9.23. The summed E-state index contributed by atoms with van der Waals surface area (Å²) in [6.07, 6.45) is 3.63. The van der Waals surface area contributed by atoms with Crippen molar-refractivity contribution >= 4 is 10.0 Å². The van der Waals surface area contributed by atoms with Crippen molar-refractivity contribution in [1.82, 2.24) is 31.3 Å². The molecule has 0 aliphatic carbocycles. The highest BCUT2D eigenvalue weighted by atomic mass is 32.2. The molecule has 0 amide bonds. The molecule has 2 heterocycles. The molecule has 164 valence electrons. The van der Waals surface area contributed by atoms with E-state index < -0.39 is 10.0 Å². The van der Waals surface area contributed by atoms with Gasteiger partial charge in [-0.25, -0.2) is 13.6 Å². The predicted molar refractivity (Wildman–Crippen MR) is 118 cm³/mol. The van der Waals surface area contributed by atoms with Gasteiger partial charge in [0.25, 0.3) is 0 Å². The smallest absolute Gasteiger partial charge is 0.238 e. The number of nitrogens with zero attached hydrogens (tertiary/aromatic N) is 3. The number of nitrogens with one attached hydrogen (secondary N) is 3. The van der Waals surface area contributed by atoms with Gasteiger partial charge in [0.2, 0.25) is 15.8 Å². The van der Waals surface area contributed by atoms with E-state index in [1.807, 2.05) is 30.3 Å². The zero-order chi connectivity index (χ0) is 21.8. The summed E-state index contributed by atoms with van der Waals surface area (Å²) in [5, 5.41) is 26.4. The van der Waals surface area contributed by atoms with Crippen LogP contribution in [0.25, 0.3) is 22.5 Å². The lowest BCUT2D eigenvalue weighted by Crippen LogP contribution is -2.33. The first kappa shape index (κ1) is 21.6. The second-order valence-corrected chi connectivity index (χ2v) is 9.50. The third kappa shape index (κ3) is 5.16. The Bertz CT molecular complexity index is 1110. The number of nitrogens with two attached hydrogens (primary N) is 1. The molecule has 0 radical (unpaired) electrons. The molecule has 1 fully saturated rings. The van der Waals surface area contributed by atoms with Crippen LogP contribution in [-0.4, -0.2) is 47.7 Å². The Hall–Kier alpha value is -2.66. The van der Waals surface area contributed by atoms with Crippen LogP contribution in [0.15, 0.2) is 47.4 Å². The maximum Gasteiger partial charge on any atom is 0.238 e. The van der Waals surface area contributed by atoms with Crippen molar-refractivity contribution in [3.63, 3.8) is 0 Å². The van der Waals surface area contributed by atoms with Crippen LogP contribution in [0, 0.1) is 0 Å². The average molecular weight is 442 g/mol. The normalized spacial score (nSPS) is 17.7. The van der Waals surface area contributed by atoms with Crippen molar-refractivity contribution in [2.45, 2.75) is 49.7 Å². The number of rotatable bonds is 8. The zero-order valence-corrected chi connectivity index (χ0v) is 18.2. The van der Waals surface area contributed by atoms with E-state index in [1.54, 1.807) is 6.07 Å². The molecule has 3 aromatic rings. The fourth-order valence-corrected chi connectivity index (χ4v) is 4.82. The Kier molecular flexibility index (Phi) is 6.42. The molecule has 9 nitrogen and oxygen atoms in total. The first-order valence-corrected chi connectivity index (χ1v) is 11.9. The van der Waals surface area contributed by atoms with Gasteiger partial charge in [-0.15, -0.1) is 10.2 Å². The summed E-state index contributed by atoms with van der Waals surface area (Å²) in [7, 11) is -3.96. The summed E-state index contributed by atoms with van der Waals surface area (Å²) < 4.78 is 24.3. The second-order valence-electron chi connectivity index (χ2n) is 7.97. The number of sulfonamides is 1. The molecule has 0 saturated carbocycles. The standard InChI is InChI=1S/C21H27N7O2S/c1-14(12-17-4-3-11-23-17)24-13-15-7-9-16(10-8-15)18-5-2-6-19(31(22,29)30)20(18)21-25-27-28-26-21/h2,5-10,14,17,23-24H,3-4,11-13H2,1H3,(H2,22,29,30)(H,25,26,27,28)/t14?,17-/m0/s1. The number of tetrazole rings is 1. The minimum Gasteiger partial charge on any atom is -0.314 e. The van der Waals surface area contributed by atoms with Crippen LogP contribution in [0.1, 0.15) is 31.7 Å². The van der Waals surface area contributed by atoms with Gasteiger partial charge in [0.15, 0.2) is 0 Å². The van der Waals surface area contributed by atoms with Gasteiger partial charge in [0.05, 0.1) is 10.5 Å². The van der Waals surface area contributed by atoms with E-state index in [0.717, 1.165) is 30.6 Å². The highest BCUT2D eigenvalue weighted by Gasteiger charge is 2.22. The molecule has 0 spiro atoms. The van der Waals surface area contributed by atoms with Crippen LogP contribution in [0.3, 0.4) is 0 Å². The van der Waals surface area contributed by atoms with Crippen LogP contribution < -0.4 is 15.8 Å². The maximum absolute atomic E-state index is 12.1. The molecule has 1 saturated heterocycles. The number of hydrogen-bond donors (Lipinski definition) is 4. The van der Waals surface area contributed by atoms with Crippen LogP contribution in [0.4, 0.5) is 0 Å². The van der Waals surface area contributed by atoms with E-state index in [9.17, 15) is 8.42 Å². The van der Waals surface area contributed by atoms with Gasteiger partial charge < -0.3 is 10.6 Å². The number of hydrogen-bond acceptors (Lipinski definition) is 7. The van der Waals surface area contributed by atoms with Crippen molar-refractivity contribution < 1.29 is 8.42 Å². The molecule has 0 bridgehead atoms. The van der Waals surface area contributed by atoms with Crippen LogP contribution in [-0.2, 0) is 16.6 Å². The lowest BCUT2D eigenvalue weighted by molar-refractivity contribution is 0.440. The quantitative estimate of drug-likeness (QED) is 0.418. The van der Waals surface area contributed by atoms with Gasteiger partial charge in [-0.2, -0.15) is 5.21 Å². The first-order valence-electron chi connectivity index (χ1n) is 10.4. The monoisotopic (exact) mass is 441 g/mol. The molecule has 4 rings (SSSR count). The van der Waals surface area contributed by atoms with E-state index in [1.165, 1.54) is 18.9 Å². The highest BCUT2D eigenvalue weighted by molar-refractivity contribution is 7.89. The van der Waals surface area contributed by atoms with Crippen molar-refractivity contribution in [2.75, 3.05) is 6.54 Å². The fourth-order valence-electron chi connectivity index (χ4n) is 4.07. The minimum atomic E-state index is -3.96. The largest absolute Gasteiger partial charge is 0.314 e. The maximum atomic E-state index is 12.1. The molecule has 5 N–H and O–H groups in total. The SMILES string of the molecule is CC(C[C@@H]1CCCN1)NCc1ccc(-c2cccc(S(N)(=O)=O)c2-c2nn[nH]n2)cc1. The van der Waals surface area contributed by atoms with Gasteiger partial charge in [0, 0.05) is 18.6 Å². The molecule has 2 atom stereocenters. The molecular formula is C21H27N7O2S. The Balaban J connectivity index is 1.54. The Morgan fingerprint density at radius 1 is 1.23 bits per heavy atom. The molecule has 10 heteroatoms. The number of H-pyrrole nitrogens is 1. The van der Waals surface area contributed by atoms with E-state index in [0.29, 0.717) is 23.2 Å². The lowest BCUT2D eigenvalue weighted by atomic mass is 9.98. The Morgan fingerprint density at radius 3 is 2.68 bits per heavy atom. The van der Waals surface area contributed by atoms with Gasteiger partial charge in [-0.05, 0) is 60.7 Å². The third-order valence-electron chi connectivity index (χ3n) is 5.62. The minimum absolute atomic E-state index is 0.0357. The summed E-state index contributed by atoms with van der Waals surface area (Å²) in [4.78, 5) is -0.0357. The van der Waals surface area contributed by atoms with Gasteiger partial charge in [-0.1, -0.05) is 36.4 Å². The molecule has 31 heavy (non-hydrogen) atoms. The van der Waals surface area contributed by atoms with Gasteiger partial charge in [-0.3, -0.25) is 0 Å². The Morgan fingerprint density at radius 2 is 2.03 bits per heavy atom. The fraction of sp³-hybridized carbons (Fsp3) is 0.381. The highest BCUT2D eigenvalue weighted by Crippen LogP contribution is 2.34. The van der Waals surface area contributed by atoms with Crippen LogP contribution in [0.2, 0.25) is 0 Å². The van der Waals surface area contributed by atoms with E-state index >= 15 is 0 Å². The summed E-state index contributed by atoms with van der Waals surface area (Å²) in [6, 6.07) is 14.0. The van der Waals surface area contributed by atoms with E-state index in [-0.39, 0.29) is 10.7 Å². The number of aromatic amines is 1. The number of aromatic nitrogens is 4. The molecule has 1 aliphatic rings. The summed E-state index contributed by atoms with van der Waals surface area (Å²) in [5.41, 5.74) is 3.01. The third-order valence-corrected chi connectivity index (χ3v) is 6.57. The van der Waals surface area contributed by atoms with Gasteiger partial charge in [0.1, 0.15) is 0 Å². The summed E-state index contributed by atoms with van der Waals surface area (Å²) >= 11 is 0. The van der Waals surface area contributed by atoms with Crippen molar-refractivity contribution in [3.8, 4) is 22.5 Å². The van der Waals surface area contributed by atoms with Crippen molar-refractivity contribution in [2.24, 2.45) is 5.14 Å². The topological polar surface area (TPSA) is 139 Å². The number of benzene rings is 2. The predicted octanol–water partition coefficient (Wildman–Crippen LogP) is 1.80. The van der Waals surface area contributed by atoms with Crippen LogP contribution >= 0.6 is 0 Å². The summed E-state index contributed by atoms with van der Waals surface area (Å²) in [5.74, 6) is 0.180. The van der Waals surface area contributed by atoms with Crippen LogP contribution in [0.5, 0.6) is 0 Å². The van der Waals surface area contributed by atoms with Crippen molar-refractivity contribution in [3.05, 3.63) is 48.0 Å². The average Bonchev–Trinajstić information content (AvgIpc) is 3.46. The molecule has 2 aromatic carbocycles. The number of primary sulfonamides is 1. The molecular weight excluding hydrogens is 414 g/mol. The van der Waals surface area contributed by atoms with E-state index in [4.69, 9.17) is 5.14 Å². The molecule has 1 aromatic heterocycles. The zero-order valence-electron chi connectivity index (χ0n) is 17.4. The van der Waals surface area contributed by atoms with Crippen molar-refractivity contribution in [1.29, 1.82) is 0 Å².